The molecule has 0 saturated heterocycles. The lowest BCUT2D eigenvalue weighted by Crippen LogP contribution is -2.47. The number of carbonyl (C=O) groups is 1. The van der Waals surface area contributed by atoms with Crippen molar-refractivity contribution >= 4 is 14.4 Å². The van der Waals surface area contributed by atoms with Crippen molar-refractivity contribution in [1.29, 1.82) is 0 Å². The highest BCUT2D eigenvalue weighted by molar-refractivity contribution is 6.74. The Balaban J connectivity index is 2.86. The molecule has 1 aromatic rings. The molecule has 1 N–H and O–H groups in total. The third-order valence-electron chi connectivity index (χ3n) is 4.61. The standard InChI is InChI=1S/C19H31NO3Si/c1-7-11-17(23-24(5,6)19(2,3)4)15-20(18(21)22)14-16-12-9-8-10-13-16/h7-10,12-13,17H,1,11,14-15H2,2-6H3,(H,21,22). The van der Waals surface area contributed by atoms with E-state index >= 15 is 0 Å². The summed E-state index contributed by atoms with van der Waals surface area (Å²) in [5.41, 5.74) is 0.976. The minimum absolute atomic E-state index is 0.0832. The maximum absolute atomic E-state index is 11.7. The average molecular weight is 350 g/mol. The summed E-state index contributed by atoms with van der Waals surface area (Å²) in [5.74, 6) is 0. The van der Waals surface area contributed by atoms with Crippen LogP contribution in [-0.2, 0) is 11.0 Å². The van der Waals surface area contributed by atoms with Gasteiger partial charge in [-0.3, -0.25) is 0 Å². The first kappa shape index (κ1) is 20.5. The summed E-state index contributed by atoms with van der Waals surface area (Å²) >= 11 is 0. The normalized spacial score (nSPS) is 13.4. The molecule has 1 amide bonds. The number of hydrogen-bond donors (Lipinski definition) is 1. The molecule has 24 heavy (non-hydrogen) atoms. The molecule has 5 heteroatoms. The van der Waals surface area contributed by atoms with Crippen LogP contribution in [0.2, 0.25) is 18.1 Å². The minimum Gasteiger partial charge on any atom is -0.465 e. The zero-order chi connectivity index (χ0) is 18.4. The van der Waals surface area contributed by atoms with Gasteiger partial charge in [-0.1, -0.05) is 57.2 Å². The van der Waals surface area contributed by atoms with E-state index in [1.807, 2.05) is 30.3 Å². The summed E-state index contributed by atoms with van der Waals surface area (Å²) in [7, 11) is -1.97. The van der Waals surface area contributed by atoms with E-state index in [9.17, 15) is 9.90 Å². The zero-order valence-electron chi connectivity index (χ0n) is 15.6. The van der Waals surface area contributed by atoms with Crippen LogP contribution < -0.4 is 0 Å². The Morgan fingerprint density at radius 2 is 1.92 bits per heavy atom. The van der Waals surface area contributed by atoms with Crippen molar-refractivity contribution in [2.75, 3.05) is 6.54 Å². The van der Waals surface area contributed by atoms with Crippen molar-refractivity contribution < 1.29 is 14.3 Å². The fourth-order valence-corrected chi connectivity index (χ4v) is 3.56. The molecule has 1 unspecified atom stereocenters. The second kappa shape index (κ2) is 8.49. The lowest BCUT2D eigenvalue weighted by atomic mass is 10.2. The molecular weight excluding hydrogens is 318 g/mol. The van der Waals surface area contributed by atoms with Gasteiger partial charge in [-0.25, -0.2) is 4.79 Å². The highest BCUT2D eigenvalue weighted by Gasteiger charge is 2.39. The number of rotatable bonds is 8. The molecule has 0 aliphatic rings. The molecular formula is C19H31NO3Si. The molecule has 0 bridgehead atoms. The number of carboxylic acid groups (broad SMARTS) is 1. The van der Waals surface area contributed by atoms with E-state index in [1.165, 1.54) is 4.90 Å². The summed E-state index contributed by atoms with van der Waals surface area (Å²) in [6.45, 7) is 15.4. The summed E-state index contributed by atoms with van der Waals surface area (Å²) in [5, 5.41) is 9.65. The van der Waals surface area contributed by atoms with Crippen molar-refractivity contribution in [1.82, 2.24) is 4.90 Å². The van der Waals surface area contributed by atoms with Gasteiger partial charge in [-0.2, -0.15) is 0 Å². The van der Waals surface area contributed by atoms with Crippen LogP contribution in [0.25, 0.3) is 0 Å². The van der Waals surface area contributed by atoms with Gasteiger partial charge in [0.1, 0.15) is 0 Å². The van der Waals surface area contributed by atoms with Gasteiger partial charge >= 0.3 is 6.09 Å². The second-order valence-electron chi connectivity index (χ2n) is 7.67. The largest absolute Gasteiger partial charge is 0.465 e. The highest BCUT2D eigenvalue weighted by Crippen LogP contribution is 2.37. The first-order chi connectivity index (χ1) is 11.1. The lowest BCUT2D eigenvalue weighted by Gasteiger charge is -2.40. The molecule has 0 heterocycles. The van der Waals surface area contributed by atoms with Crippen molar-refractivity contribution in [2.24, 2.45) is 0 Å². The molecule has 134 valence electrons. The number of amides is 1. The smallest absolute Gasteiger partial charge is 0.407 e. The van der Waals surface area contributed by atoms with Crippen molar-refractivity contribution in [2.45, 2.75) is 58.0 Å². The van der Waals surface area contributed by atoms with Gasteiger partial charge in [0.2, 0.25) is 0 Å². The third-order valence-corrected chi connectivity index (χ3v) is 9.14. The molecule has 0 spiro atoms. The van der Waals surface area contributed by atoms with E-state index < -0.39 is 14.4 Å². The van der Waals surface area contributed by atoms with Crippen LogP contribution in [0.15, 0.2) is 43.0 Å². The monoisotopic (exact) mass is 349 g/mol. The summed E-state index contributed by atoms with van der Waals surface area (Å²) in [6, 6.07) is 9.64. The van der Waals surface area contributed by atoms with E-state index in [2.05, 4.69) is 40.4 Å². The van der Waals surface area contributed by atoms with Gasteiger partial charge in [0.15, 0.2) is 8.32 Å². The number of nitrogens with zero attached hydrogens (tertiary/aromatic N) is 1. The maximum atomic E-state index is 11.7. The first-order valence-electron chi connectivity index (χ1n) is 8.37. The minimum atomic E-state index is -1.97. The van der Waals surface area contributed by atoms with Crippen LogP contribution in [0.4, 0.5) is 4.79 Å². The molecule has 1 atom stereocenters. The second-order valence-corrected chi connectivity index (χ2v) is 12.4. The summed E-state index contributed by atoms with van der Waals surface area (Å²) in [6.07, 6.45) is 1.36. The Hall–Kier alpha value is -1.59. The van der Waals surface area contributed by atoms with Crippen molar-refractivity contribution in [3.63, 3.8) is 0 Å². The van der Waals surface area contributed by atoms with Gasteiger partial charge < -0.3 is 14.4 Å². The lowest BCUT2D eigenvalue weighted by molar-refractivity contribution is 0.0991. The SMILES string of the molecule is C=CCC(CN(Cc1ccccc1)C(=O)O)O[Si](C)(C)C(C)(C)C. The Bertz CT molecular complexity index is 537. The Labute approximate surface area is 147 Å². The summed E-state index contributed by atoms with van der Waals surface area (Å²) in [4.78, 5) is 13.1. The highest BCUT2D eigenvalue weighted by atomic mass is 28.4. The van der Waals surface area contributed by atoms with Gasteiger partial charge in [0.25, 0.3) is 0 Å². The maximum Gasteiger partial charge on any atom is 0.407 e. The molecule has 0 aliphatic carbocycles. The van der Waals surface area contributed by atoms with Crippen LogP contribution in [0.5, 0.6) is 0 Å². The van der Waals surface area contributed by atoms with Crippen molar-refractivity contribution in [3.8, 4) is 0 Å². The Kier molecular flexibility index (Phi) is 7.23. The molecule has 0 aromatic heterocycles. The predicted octanol–water partition coefficient (Wildman–Crippen LogP) is 5.13. The van der Waals surface area contributed by atoms with Crippen LogP contribution >= 0.6 is 0 Å². The third kappa shape index (κ3) is 6.13. The molecule has 0 saturated carbocycles. The quantitative estimate of drug-likeness (QED) is 0.522. The zero-order valence-corrected chi connectivity index (χ0v) is 16.6. The van der Waals surface area contributed by atoms with Gasteiger partial charge in [0.05, 0.1) is 6.10 Å². The predicted molar refractivity (Wildman–Crippen MR) is 102 cm³/mol. The molecule has 4 nitrogen and oxygen atoms in total. The van der Waals surface area contributed by atoms with E-state index in [1.54, 1.807) is 6.08 Å². The number of benzene rings is 1. The van der Waals surface area contributed by atoms with Crippen LogP contribution in [0, 0.1) is 0 Å². The van der Waals surface area contributed by atoms with E-state index in [0.29, 0.717) is 19.5 Å². The Morgan fingerprint density at radius 1 is 1.33 bits per heavy atom. The number of hydrogen-bond acceptors (Lipinski definition) is 2. The fourth-order valence-electron chi connectivity index (χ4n) is 2.20. The average Bonchev–Trinajstić information content (AvgIpc) is 2.46. The molecule has 1 aromatic carbocycles. The molecule has 0 fully saturated rings. The first-order valence-corrected chi connectivity index (χ1v) is 11.3. The van der Waals surface area contributed by atoms with E-state index in [4.69, 9.17) is 4.43 Å². The van der Waals surface area contributed by atoms with Crippen LogP contribution in [0.1, 0.15) is 32.8 Å². The van der Waals surface area contributed by atoms with Gasteiger partial charge in [-0.15, -0.1) is 6.58 Å². The van der Waals surface area contributed by atoms with Crippen LogP contribution in [-0.4, -0.2) is 37.1 Å². The van der Waals surface area contributed by atoms with E-state index in [-0.39, 0.29) is 11.1 Å². The Morgan fingerprint density at radius 3 is 2.38 bits per heavy atom. The summed E-state index contributed by atoms with van der Waals surface area (Å²) < 4.78 is 6.42. The molecule has 0 aliphatic heterocycles. The molecule has 0 radical (unpaired) electrons. The topological polar surface area (TPSA) is 49.8 Å². The van der Waals surface area contributed by atoms with Gasteiger partial charge in [0, 0.05) is 13.1 Å². The molecule has 1 rings (SSSR count). The fraction of sp³-hybridized carbons (Fsp3) is 0.526. The van der Waals surface area contributed by atoms with Crippen molar-refractivity contribution in [3.05, 3.63) is 48.6 Å². The van der Waals surface area contributed by atoms with Crippen LogP contribution in [0.3, 0.4) is 0 Å². The van der Waals surface area contributed by atoms with E-state index in [0.717, 1.165) is 5.56 Å². The van der Waals surface area contributed by atoms with Gasteiger partial charge in [-0.05, 0) is 30.1 Å².